The summed E-state index contributed by atoms with van der Waals surface area (Å²) in [6, 6.07) is 13.2. The molecule has 0 bridgehead atoms. The fourth-order valence-corrected chi connectivity index (χ4v) is 4.92. The van der Waals surface area contributed by atoms with Crippen molar-refractivity contribution in [3.8, 4) is 5.75 Å². The summed E-state index contributed by atoms with van der Waals surface area (Å²) in [5.41, 5.74) is 1.22. The summed E-state index contributed by atoms with van der Waals surface area (Å²) in [5.74, 6) is -0.0602. The van der Waals surface area contributed by atoms with E-state index in [4.69, 9.17) is 16.3 Å². The second kappa shape index (κ2) is 13.5. The fourth-order valence-electron chi connectivity index (χ4n) is 3.74. The number of hydrogen-bond acceptors (Lipinski definition) is 5. The molecular weight excluding hydrogens is 502 g/mol. The molecule has 0 aromatic heterocycles. The molecule has 2 aromatic rings. The molecule has 0 saturated heterocycles. The van der Waals surface area contributed by atoms with Gasteiger partial charge in [-0.1, -0.05) is 35.9 Å². The minimum atomic E-state index is -3.62. The van der Waals surface area contributed by atoms with E-state index < -0.39 is 16.1 Å². The van der Waals surface area contributed by atoms with E-state index in [2.05, 4.69) is 5.32 Å². The number of ether oxygens (including phenoxy) is 1. The second-order valence-electron chi connectivity index (χ2n) is 8.83. The van der Waals surface area contributed by atoms with Gasteiger partial charge in [-0.05, 0) is 63.9 Å². The molecule has 8 nitrogen and oxygen atoms in total. The first kappa shape index (κ1) is 29.5. The molecule has 0 radical (unpaired) electrons. The Morgan fingerprint density at radius 1 is 1.08 bits per heavy atom. The maximum absolute atomic E-state index is 13.3. The molecule has 1 N–H and O–H groups in total. The highest BCUT2D eigenvalue weighted by Gasteiger charge is 2.27. The van der Waals surface area contributed by atoms with Crippen molar-refractivity contribution in [1.29, 1.82) is 0 Å². The molecule has 0 aliphatic rings. The number of hydrogen-bond donors (Lipinski definition) is 1. The molecule has 1 atom stereocenters. The van der Waals surface area contributed by atoms with Crippen molar-refractivity contribution < 1.29 is 22.7 Å². The zero-order valence-electron chi connectivity index (χ0n) is 21.5. The molecule has 2 rings (SSSR count). The molecule has 0 aliphatic carbocycles. The van der Waals surface area contributed by atoms with Crippen LogP contribution in [-0.4, -0.2) is 56.6 Å². The standard InChI is InChI=1S/C26H36ClN3O5S/c1-6-35-24-14-8-7-13-23(24)30(36(5,33)34)16-10-15-25(31)29(20(4)26(32)28-19(2)3)18-21-11-9-12-22(27)17-21/h7-9,11-14,17,19-20H,6,10,15-16,18H2,1-5H3,(H,28,32)/t20-/m0/s1. The molecule has 198 valence electrons. The Kier molecular flexibility index (Phi) is 11.0. The van der Waals surface area contributed by atoms with Gasteiger partial charge in [-0.3, -0.25) is 13.9 Å². The summed E-state index contributed by atoms with van der Waals surface area (Å²) in [6.45, 7) is 7.90. The zero-order valence-corrected chi connectivity index (χ0v) is 23.1. The highest BCUT2D eigenvalue weighted by atomic mass is 35.5. The molecule has 0 spiro atoms. The van der Waals surface area contributed by atoms with Gasteiger partial charge in [-0.2, -0.15) is 0 Å². The molecule has 2 amide bonds. The molecule has 0 fully saturated rings. The maximum atomic E-state index is 13.3. The van der Waals surface area contributed by atoms with E-state index in [1.54, 1.807) is 49.4 Å². The average molecular weight is 538 g/mol. The Hall–Kier alpha value is -2.78. The van der Waals surface area contributed by atoms with Crippen LogP contribution in [0.15, 0.2) is 48.5 Å². The minimum absolute atomic E-state index is 0.0582. The highest BCUT2D eigenvalue weighted by molar-refractivity contribution is 7.92. The summed E-state index contributed by atoms with van der Waals surface area (Å²) in [4.78, 5) is 27.5. The van der Waals surface area contributed by atoms with E-state index in [1.807, 2.05) is 26.8 Å². The van der Waals surface area contributed by atoms with Crippen LogP contribution in [0.2, 0.25) is 5.02 Å². The van der Waals surface area contributed by atoms with Crippen LogP contribution in [0, 0.1) is 0 Å². The van der Waals surface area contributed by atoms with Crippen molar-refractivity contribution in [2.75, 3.05) is 23.7 Å². The van der Waals surface area contributed by atoms with Crippen LogP contribution < -0.4 is 14.4 Å². The SMILES string of the molecule is CCOc1ccccc1N(CCCC(=O)N(Cc1cccc(Cl)c1)[C@@H](C)C(=O)NC(C)C)S(C)(=O)=O. The summed E-state index contributed by atoms with van der Waals surface area (Å²) >= 11 is 6.12. The number of nitrogens with one attached hydrogen (secondary N) is 1. The van der Waals surface area contributed by atoms with Crippen LogP contribution in [0.25, 0.3) is 0 Å². The van der Waals surface area contributed by atoms with Crippen molar-refractivity contribution in [3.05, 3.63) is 59.1 Å². The number of benzene rings is 2. The van der Waals surface area contributed by atoms with E-state index in [-0.39, 0.29) is 43.8 Å². The van der Waals surface area contributed by atoms with Gasteiger partial charge in [0, 0.05) is 30.6 Å². The van der Waals surface area contributed by atoms with E-state index in [0.717, 1.165) is 11.8 Å². The summed E-state index contributed by atoms with van der Waals surface area (Å²) in [7, 11) is -3.62. The van der Waals surface area contributed by atoms with Crippen LogP contribution in [0.5, 0.6) is 5.75 Å². The van der Waals surface area contributed by atoms with Gasteiger partial charge in [0.25, 0.3) is 0 Å². The topological polar surface area (TPSA) is 96.0 Å². The number of halogens is 1. The molecule has 10 heteroatoms. The monoisotopic (exact) mass is 537 g/mol. The maximum Gasteiger partial charge on any atom is 0.242 e. The van der Waals surface area contributed by atoms with Gasteiger partial charge in [0.05, 0.1) is 18.6 Å². The Balaban J connectivity index is 2.21. The van der Waals surface area contributed by atoms with Crippen molar-refractivity contribution in [2.45, 2.75) is 59.2 Å². The van der Waals surface area contributed by atoms with Gasteiger partial charge in [-0.15, -0.1) is 0 Å². The first-order valence-corrected chi connectivity index (χ1v) is 14.2. The normalized spacial score (nSPS) is 12.2. The van der Waals surface area contributed by atoms with Crippen LogP contribution in [-0.2, 0) is 26.2 Å². The number of nitrogens with zero attached hydrogens (tertiary/aromatic N) is 2. The number of sulfonamides is 1. The van der Waals surface area contributed by atoms with E-state index in [9.17, 15) is 18.0 Å². The Bertz CT molecular complexity index is 1140. The predicted octanol–water partition coefficient (Wildman–Crippen LogP) is 4.23. The van der Waals surface area contributed by atoms with Crippen molar-refractivity contribution >= 4 is 39.1 Å². The fraction of sp³-hybridized carbons (Fsp3) is 0.462. The van der Waals surface area contributed by atoms with Gasteiger partial charge in [0.1, 0.15) is 11.8 Å². The zero-order chi connectivity index (χ0) is 26.9. The molecule has 36 heavy (non-hydrogen) atoms. The number of anilines is 1. The van der Waals surface area contributed by atoms with E-state index >= 15 is 0 Å². The Morgan fingerprint density at radius 3 is 2.39 bits per heavy atom. The van der Waals surface area contributed by atoms with Gasteiger partial charge < -0.3 is 15.0 Å². The van der Waals surface area contributed by atoms with Crippen LogP contribution >= 0.6 is 11.6 Å². The lowest BCUT2D eigenvalue weighted by Gasteiger charge is -2.30. The summed E-state index contributed by atoms with van der Waals surface area (Å²) in [6.07, 6.45) is 1.45. The number of amides is 2. The third kappa shape index (κ3) is 8.71. The number of carbonyl (C=O) groups is 2. The van der Waals surface area contributed by atoms with Crippen molar-refractivity contribution in [3.63, 3.8) is 0 Å². The highest BCUT2D eigenvalue weighted by Crippen LogP contribution is 2.30. The van der Waals surface area contributed by atoms with Crippen LogP contribution in [0.1, 0.15) is 46.1 Å². The van der Waals surface area contributed by atoms with E-state index in [0.29, 0.717) is 23.1 Å². The molecular formula is C26H36ClN3O5S. The molecule has 0 unspecified atom stereocenters. The Morgan fingerprint density at radius 2 is 1.78 bits per heavy atom. The largest absolute Gasteiger partial charge is 0.492 e. The summed E-state index contributed by atoms with van der Waals surface area (Å²) in [5, 5.41) is 3.39. The lowest BCUT2D eigenvalue weighted by atomic mass is 10.1. The second-order valence-corrected chi connectivity index (χ2v) is 11.2. The molecule has 0 saturated carbocycles. The van der Waals surface area contributed by atoms with Gasteiger partial charge >= 0.3 is 0 Å². The third-order valence-electron chi connectivity index (χ3n) is 5.43. The van der Waals surface area contributed by atoms with Gasteiger partial charge in [0.15, 0.2) is 0 Å². The predicted molar refractivity (Wildman–Crippen MR) is 144 cm³/mol. The number of para-hydroxylation sites is 2. The molecule has 0 heterocycles. The van der Waals surface area contributed by atoms with Gasteiger partial charge in [-0.25, -0.2) is 8.42 Å². The number of carbonyl (C=O) groups excluding carboxylic acids is 2. The number of rotatable bonds is 13. The quantitative estimate of drug-likeness (QED) is 0.412. The average Bonchev–Trinajstić information content (AvgIpc) is 2.79. The Labute approximate surface area is 219 Å². The third-order valence-corrected chi connectivity index (χ3v) is 6.84. The minimum Gasteiger partial charge on any atom is -0.492 e. The molecule has 2 aromatic carbocycles. The molecule has 0 aliphatic heterocycles. The lowest BCUT2D eigenvalue weighted by Crippen LogP contribution is -2.49. The first-order chi connectivity index (χ1) is 16.9. The van der Waals surface area contributed by atoms with Gasteiger partial charge in [0.2, 0.25) is 21.8 Å². The van der Waals surface area contributed by atoms with Crippen molar-refractivity contribution in [1.82, 2.24) is 10.2 Å². The first-order valence-electron chi connectivity index (χ1n) is 12.0. The smallest absolute Gasteiger partial charge is 0.242 e. The van der Waals surface area contributed by atoms with E-state index in [1.165, 1.54) is 9.21 Å². The van der Waals surface area contributed by atoms with Crippen LogP contribution in [0.3, 0.4) is 0 Å². The lowest BCUT2D eigenvalue weighted by molar-refractivity contribution is -0.140. The summed E-state index contributed by atoms with van der Waals surface area (Å²) < 4.78 is 32.0. The van der Waals surface area contributed by atoms with Crippen molar-refractivity contribution in [2.24, 2.45) is 0 Å². The van der Waals surface area contributed by atoms with Crippen LogP contribution in [0.4, 0.5) is 5.69 Å².